The second kappa shape index (κ2) is 5.72. The van der Waals surface area contributed by atoms with Crippen LogP contribution in [-0.4, -0.2) is 5.38 Å². The highest BCUT2D eigenvalue weighted by molar-refractivity contribution is 6.31. The van der Waals surface area contributed by atoms with Gasteiger partial charge in [-0.15, -0.1) is 11.6 Å². The van der Waals surface area contributed by atoms with Gasteiger partial charge in [-0.05, 0) is 30.4 Å². The number of hydrogen-bond acceptors (Lipinski definition) is 0. The van der Waals surface area contributed by atoms with Gasteiger partial charge in [0, 0.05) is 5.38 Å². The second-order valence-corrected chi connectivity index (χ2v) is 4.95. The molecule has 1 unspecified atom stereocenters. The Morgan fingerprint density at radius 2 is 2.00 bits per heavy atom. The van der Waals surface area contributed by atoms with Crippen LogP contribution in [0.3, 0.4) is 0 Å². The number of benzene rings is 1. The predicted octanol–water partition coefficient (Wildman–Crippen LogP) is 4.68. The molecule has 0 radical (unpaired) electrons. The molecular formula is C12H15Cl2F. The van der Waals surface area contributed by atoms with E-state index in [9.17, 15) is 4.39 Å². The summed E-state index contributed by atoms with van der Waals surface area (Å²) in [5.74, 6) is 0.0730. The van der Waals surface area contributed by atoms with Crippen LogP contribution in [0.15, 0.2) is 18.2 Å². The fourth-order valence-corrected chi connectivity index (χ4v) is 1.70. The van der Waals surface area contributed by atoms with Crippen molar-refractivity contribution in [3.63, 3.8) is 0 Å². The first-order chi connectivity index (χ1) is 7.02. The lowest BCUT2D eigenvalue weighted by atomic mass is 10.0. The van der Waals surface area contributed by atoms with Crippen LogP contribution in [-0.2, 0) is 6.42 Å². The van der Waals surface area contributed by atoms with Gasteiger partial charge in [0.15, 0.2) is 0 Å². The maximum Gasteiger partial charge on any atom is 0.142 e. The normalized spacial score (nSPS) is 13.2. The van der Waals surface area contributed by atoms with Crippen LogP contribution in [0.25, 0.3) is 0 Å². The molecule has 0 nitrogen and oxygen atoms in total. The van der Waals surface area contributed by atoms with Crippen LogP contribution < -0.4 is 0 Å². The van der Waals surface area contributed by atoms with Gasteiger partial charge in [0.2, 0.25) is 0 Å². The summed E-state index contributed by atoms with van der Waals surface area (Å²) in [5.41, 5.74) is 0.836. The average Bonchev–Trinajstić information content (AvgIpc) is 2.19. The third-order valence-corrected chi connectivity index (χ3v) is 3.59. The number of halogens is 3. The van der Waals surface area contributed by atoms with E-state index < -0.39 is 0 Å². The van der Waals surface area contributed by atoms with E-state index in [4.69, 9.17) is 23.2 Å². The Kier molecular flexibility index (Phi) is 4.88. The van der Waals surface area contributed by atoms with Crippen molar-refractivity contribution in [1.82, 2.24) is 0 Å². The zero-order valence-corrected chi connectivity index (χ0v) is 10.4. The summed E-state index contributed by atoms with van der Waals surface area (Å²) in [6, 6.07) is 4.89. The largest absolute Gasteiger partial charge is 0.205 e. The molecule has 84 valence electrons. The molecule has 1 atom stereocenters. The lowest BCUT2D eigenvalue weighted by Crippen LogP contribution is -2.09. The molecule has 0 aliphatic heterocycles. The van der Waals surface area contributed by atoms with Gasteiger partial charge >= 0.3 is 0 Å². The van der Waals surface area contributed by atoms with Gasteiger partial charge in [-0.25, -0.2) is 4.39 Å². The van der Waals surface area contributed by atoms with Gasteiger partial charge in [0.1, 0.15) is 5.82 Å². The first kappa shape index (κ1) is 12.8. The lowest BCUT2D eigenvalue weighted by molar-refractivity contribution is 0.563. The fraction of sp³-hybridized carbons (Fsp3) is 0.500. The predicted molar refractivity (Wildman–Crippen MR) is 64.2 cm³/mol. The molecule has 0 aliphatic rings. The molecule has 0 heterocycles. The van der Waals surface area contributed by atoms with Gasteiger partial charge < -0.3 is 0 Å². The summed E-state index contributed by atoms with van der Waals surface area (Å²) < 4.78 is 13.1. The van der Waals surface area contributed by atoms with Gasteiger partial charge in [0.05, 0.1) is 5.02 Å². The third-order valence-electron chi connectivity index (χ3n) is 2.44. The van der Waals surface area contributed by atoms with E-state index in [0.717, 1.165) is 18.4 Å². The molecule has 0 aliphatic carbocycles. The number of hydrogen-bond donors (Lipinski definition) is 0. The monoisotopic (exact) mass is 248 g/mol. The fourth-order valence-electron chi connectivity index (χ4n) is 1.37. The minimum absolute atomic E-state index is 0.115. The zero-order valence-electron chi connectivity index (χ0n) is 8.93. The maximum absolute atomic E-state index is 13.1. The Morgan fingerprint density at radius 1 is 1.33 bits per heavy atom. The van der Waals surface area contributed by atoms with Gasteiger partial charge in [-0.1, -0.05) is 37.6 Å². The molecule has 0 aromatic heterocycles. The Labute approximate surface area is 100 Å². The van der Waals surface area contributed by atoms with Gasteiger partial charge in [-0.2, -0.15) is 0 Å². The van der Waals surface area contributed by atoms with Gasteiger partial charge in [0.25, 0.3) is 0 Å². The van der Waals surface area contributed by atoms with Crippen molar-refractivity contribution < 1.29 is 4.39 Å². The molecule has 0 saturated carbocycles. The van der Waals surface area contributed by atoms with Crippen LogP contribution in [0.4, 0.5) is 4.39 Å². The molecule has 15 heavy (non-hydrogen) atoms. The van der Waals surface area contributed by atoms with Crippen molar-refractivity contribution in [1.29, 1.82) is 0 Å². The van der Waals surface area contributed by atoms with E-state index in [-0.39, 0.29) is 16.2 Å². The molecule has 1 rings (SSSR count). The van der Waals surface area contributed by atoms with Crippen molar-refractivity contribution in [2.45, 2.75) is 32.1 Å². The van der Waals surface area contributed by atoms with E-state index >= 15 is 0 Å². The Morgan fingerprint density at radius 3 is 2.60 bits per heavy atom. The molecule has 3 heteroatoms. The first-order valence-corrected chi connectivity index (χ1v) is 5.90. The molecule has 1 aromatic rings. The molecule has 0 amide bonds. The molecular weight excluding hydrogens is 234 g/mol. The van der Waals surface area contributed by atoms with Crippen molar-refractivity contribution in [3.8, 4) is 0 Å². The smallest absolute Gasteiger partial charge is 0.142 e. The van der Waals surface area contributed by atoms with E-state index in [1.54, 1.807) is 6.07 Å². The van der Waals surface area contributed by atoms with Crippen LogP contribution in [0, 0.1) is 11.7 Å². The topological polar surface area (TPSA) is 0 Å². The molecule has 0 fully saturated rings. The summed E-state index contributed by atoms with van der Waals surface area (Å²) in [7, 11) is 0. The summed E-state index contributed by atoms with van der Waals surface area (Å²) in [4.78, 5) is 0. The number of rotatable bonds is 4. The van der Waals surface area contributed by atoms with E-state index in [0.29, 0.717) is 5.92 Å². The van der Waals surface area contributed by atoms with Crippen LogP contribution in [0.1, 0.15) is 25.8 Å². The third kappa shape index (κ3) is 3.66. The molecule has 0 bridgehead atoms. The molecule has 0 saturated heterocycles. The van der Waals surface area contributed by atoms with E-state index in [1.807, 2.05) is 6.07 Å². The summed E-state index contributed by atoms with van der Waals surface area (Å²) >= 11 is 12.0. The van der Waals surface area contributed by atoms with Crippen molar-refractivity contribution in [2.75, 3.05) is 0 Å². The van der Waals surface area contributed by atoms with Crippen molar-refractivity contribution in [3.05, 3.63) is 34.6 Å². The van der Waals surface area contributed by atoms with Crippen molar-refractivity contribution >= 4 is 23.2 Å². The Balaban J connectivity index is 2.62. The second-order valence-electron chi connectivity index (χ2n) is 4.01. The van der Waals surface area contributed by atoms with Crippen molar-refractivity contribution in [2.24, 2.45) is 5.92 Å². The Hall–Kier alpha value is -0.270. The van der Waals surface area contributed by atoms with Gasteiger partial charge in [-0.3, -0.25) is 0 Å². The minimum Gasteiger partial charge on any atom is -0.205 e. The maximum atomic E-state index is 13.1. The van der Waals surface area contributed by atoms with E-state index in [2.05, 4.69) is 13.8 Å². The number of aryl methyl sites for hydroxylation is 1. The van der Waals surface area contributed by atoms with Crippen LogP contribution >= 0.6 is 23.2 Å². The standard InChI is InChI=1S/C12H15Cl2F/c1-8(2)10(13)7-6-9-4-3-5-11(15)12(9)14/h3-5,8,10H,6-7H2,1-2H3. The molecule has 0 spiro atoms. The Bertz CT molecular complexity index is 323. The highest BCUT2D eigenvalue weighted by Gasteiger charge is 2.11. The van der Waals surface area contributed by atoms with E-state index in [1.165, 1.54) is 6.07 Å². The number of alkyl halides is 1. The molecule has 0 N–H and O–H groups in total. The zero-order chi connectivity index (χ0) is 11.4. The SMILES string of the molecule is CC(C)C(Cl)CCc1cccc(F)c1Cl. The van der Waals surface area contributed by atoms with Crippen LogP contribution in [0.5, 0.6) is 0 Å². The highest BCUT2D eigenvalue weighted by atomic mass is 35.5. The van der Waals surface area contributed by atoms with Crippen LogP contribution in [0.2, 0.25) is 5.02 Å². The lowest BCUT2D eigenvalue weighted by Gasteiger charge is -2.13. The first-order valence-electron chi connectivity index (χ1n) is 5.09. The minimum atomic E-state index is -0.357. The quantitative estimate of drug-likeness (QED) is 0.680. The average molecular weight is 249 g/mol. The molecule has 1 aromatic carbocycles. The summed E-state index contributed by atoms with van der Waals surface area (Å²) in [5, 5.41) is 0.342. The summed E-state index contributed by atoms with van der Waals surface area (Å²) in [6.45, 7) is 4.15. The summed E-state index contributed by atoms with van der Waals surface area (Å²) in [6.07, 6.45) is 1.55. The highest BCUT2D eigenvalue weighted by Crippen LogP contribution is 2.23.